The molecule has 0 aliphatic carbocycles. The van der Waals surface area contributed by atoms with Gasteiger partial charge in [-0.25, -0.2) is 8.42 Å². The van der Waals surface area contributed by atoms with Crippen molar-refractivity contribution in [3.8, 4) is 17.2 Å². The van der Waals surface area contributed by atoms with Gasteiger partial charge in [0.1, 0.15) is 0 Å². The van der Waals surface area contributed by atoms with Crippen LogP contribution in [0.4, 0.5) is 5.69 Å². The van der Waals surface area contributed by atoms with Crippen LogP contribution in [0.5, 0.6) is 17.2 Å². The molecule has 0 saturated carbocycles. The van der Waals surface area contributed by atoms with E-state index >= 15 is 0 Å². The monoisotopic (exact) mass is 462 g/mol. The summed E-state index contributed by atoms with van der Waals surface area (Å²) in [5.74, 6) is 0.960. The minimum atomic E-state index is -3.60. The molecule has 2 aliphatic heterocycles. The molecule has 2 aliphatic rings. The Balaban J connectivity index is 1.63. The number of carbonyl (C=O) groups excluding carboxylic acids is 1. The number of anilines is 1. The molecule has 2 heterocycles. The first-order valence-electron chi connectivity index (χ1n) is 10.2. The van der Waals surface area contributed by atoms with Crippen LogP contribution in [0.15, 0.2) is 35.2 Å². The van der Waals surface area contributed by atoms with Gasteiger partial charge < -0.3 is 23.8 Å². The Morgan fingerprint density at radius 3 is 2.19 bits per heavy atom. The number of hydrogen-bond donors (Lipinski definition) is 0. The maximum atomic E-state index is 13.3. The second-order valence-corrected chi connectivity index (χ2v) is 9.37. The Bertz CT molecular complexity index is 1100. The van der Waals surface area contributed by atoms with Crippen molar-refractivity contribution in [2.75, 3.05) is 59.1 Å². The van der Waals surface area contributed by atoms with E-state index in [2.05, 4.69) is 0 Å². The minimum Gasteiger partial charge on any atom is -0.493 e. The second kappa shape index (κ2) is 8.97. The van der Waals surface area contributed by atoms with E-state index in [-0.39, 0.29) is 10.8 Å². The Morgan fingerprint density at radius 2 is 1.59 bits per heavy atom. The number of ether oxygens (including phenoxy) is 4. The van der Waals surface area contributed by atoms with E-state index in [9.17, 15) is 13.2 Å². The lowest BCUT2D eigenvalue weighted by atomic mass is 10.1. The molecule has 0 atom stereocenters. The van der Waals surface area contributed by atoms with Crippen molar-refractivity contribution < 1.29 is 32.2 Å². The van der Waals surface area contributed by atoms with Gasteiger partial charge in [-0.15, -0.1) is 0 Å². The van der Waals surface area contributed by atoms with E-state index in [0.29, 0.717) is 67.8 Å². The first kappa shape index (κ1) is 22.4. The van der Waals surface area contributed by atoms with Crippen molar-refractivity contribution in [2.45, 2.75) is 11.3 Å². The van der Waals surface area contributed by atoms with Crippen molar-refractivity contribution in [3.63, 3.8) is 0 Å². The third-order valence-electron chi connectivity index (χ3n) is 5.71. The predicted octanol–water partition coefficient (Wildman–Crippen LogP) is 1.94. The highest BCUT2D eigenvalue weighted by atomic mass is 32.2. The number of hydrogen-bond acceptors (Lipinski definition) is 7. The van der Waals surface area contributed by atoms with E-state index < -0.39 is 10.0 Å². The third kappa shape index (κ3) is 3.89. The number of methoxy groups -OCH3 is 3. The van der Waals surface area contributed by atoms with Gasteiger partial charge in [-0.3, -0.25) is 4.79 Å². The van der Waals surface area contributed by atoms with Gasteiger partial charge in [0.05, 0.1) is 39.4 Å². The van der Waals surface area contributed by atoms with Gasteiger partial charge in [0, 0.05) is 30.9 Å². The van der Waals surface area contributed by atoms with Gasteiger partial charge in [-0.2, -0.15) is 4.31 Å². The summed E-state index contributed by atoms with van der Waals surface area (Å²) >= 11 is 0. The summed E-state index contributed by atoms with van der Waals surface area (Å²) in [4.78, 5) is 15.2. The summed E-state index contributed by atoms with van der Waals surface area (Å²) in [6.45, 7) is 1.91. The molecule has 0 N–H and O–H groups in total. The largest absolute Gasteiger partial charge is 0.493 e. The fourth-order valence-electron chi connectivity index (χ4n) is 4.05. The van der Waals surface area contributed by atoms with Gasteiger partial charge in [-0.05, 0) is 42.3 Å². The van der Waals surface area contributed by atoms with Crippen LogP contribution in [0.1, 0.15) is 15.9 Å². The zero-order valence-corrected chi connectivity index (χ0v) is 19.1. The van der Waals surface area contributed by atoms with Crippen molar-refractivity contribution in [1.29, 1.82) is 0 Å². The van der Waals surface area contributed by atoms with Crippen LogP contribution in [0.25, 0.3) is 0 Å². The number of rotatable bonds is 6. The summed E-state index contributed by atoms with van der Waals surface area (Å²) in [6, 6.07) is 8.15. The molecule has 10 heteroatoms. The molecule has 1 saturated heterocycles. The lowest BCUT2D eigenvalue weighted by molar-refractivity contribution is 0.0730. The van der Waals surface area contributed by atoms with Crippen LogP contribution in [0, 0.1) is 0 Å². The average Bonchev–Trinajstić information content (AvgIpc) is 3.26. The Labute approximate surface area is 187 Å². The van der Waals surface area contributed by atoms with Crippen molar-refractivity contribution in [1.82, 2.24) is 4.31 Å². The molecule has 32 heavy (non-hydrogen) atoms. The molecular weight excluding hydrogens is 436 g/mol. The van der Waals surface area contributed by atoms with Crippen LogP contribution >= 0.6 is 0 Å². The van der Waals surface area contributed by atoms with Gasteiger partial charge in [0.25, 0.3) is 5.91 Å². The summed E-state index contributed by atoms with van der Waals surface area (Å²) in [5, 5.41) is 0. The summed E-state index contributed by atoms with van der Waals surface area (Å²) in [5.41, 5.74) is 1.90. The van der Waals surface area contributed by atoms with Gasteiger partial charge in [-0.1, -0.05) is 0 Å². The van der Waals surface area contributed by atoms with Crippen LogP contribution in [0.3, 0.4) is 0 Å². The number of amides is 1. The van der Waals surface area contributed by atoms with Crippen LogP contribution in [-0.2, 0) is 21.2 Å². The highest BCUT2D eigenvalue weighted by Gasteiger charge is 2.31. The van der Waals surface area contributed by atoms with Gasteiger partial charge in [0.15, 0.2) is 11.5 Å². The number of nitrogens with zero attached hydrogens (tertiary/aromatic N) is 2. The molecule has 172 valence electrons. The van der Waals surface area contributed by atoms with Crippen molar-refractivity contribution >= 4 is 21.6 Å². The van der Waals surface area contributed by atoms with E-state index in [1.54, 1.807) is 35.2 Å². The maximum absolute atomic E-state index is 13.3. The summed E-state index contributed by atoms with van der Waals surface area (Å²) < 4.78 is 48.7. The molecule has 9 nitrogen and oxygen atoms in total. The fourth-order valence-corrected chi connectivity index (χ4v) is 5.51. The molecular formula is C22H26N2O7S. The van der Waals surface area contributed by atoms with Crippen LogP contribution in [0.2, 0.25) is 0 Å². The number of morpholine rings is 1. The number of carbonyl (C=O) groups is 1. The molecule has 0 aromatic heterocycles. The first-order chi connectivity index (χ1) is 15.4. The second-order valence-electron chi connectivity index (χ2n) is 7.43. The van der Waals surface area contributed by atoms with Crippen LogP contribution < -0.4 is 19.1 Å². The summed E-state index contributed by atoms with van der Waals surface area (Å²) in [7, 11) is 0.891. The predicted molar refractivity (Wildman–Crippen MR) is 117 cm³/mol. The number of benzene rings is 2. The molecule has 0 unspecified atom stereocenters. The Kier molecular flexibility index (Phi) is 6.27. The maximum Gasteiger partial charge on any atom is 0.258 e. The standard InChI is InChI=1S/C22H26N2O7S/c1-28-19-13-16(14-20(29-2)21(19)30-3)22(25)24-7-6-15-12-17(4-5-18(15)24)32(26,27)23-8-10-31-11-9-23/h4-5,12-14H,6-11H2,1-3H3. The Hall–Kier alpha value is -2.82. The van der Waals surface area contributed by atoms with Crippen molar-refractivity contribution in [3.05, 3.63) is 41.5 Å². The molecule has 2 aromatic rings. The quantitative estimate of drug-likeness (QED) is 0.648. The fraction of sp³-hybridized carbons (Fsp3) is 0.409. The highest BCUT2D eigenvalue weighted by molar-refractivity contribution is 7.89. The zero-order valence-electron chi connectivity index (χ0n) is 18.3. The number of fused-ring (bicyclic) bond motifs is 1. The van der Waals surface area contributed by atoms with Crippen LogP contribution in [-0.4, -0.2) is 72.8 Å². The van der Waals surface area contributed by atoms with E-state index in [1.807, 2.05) is 0 Å². The molecule has 0 bridgehead atoms. The topological polar surface area (TPSA) is 94.6 Å². The molecule has 1 amide bonds. The molecule has 2 aromatic carbocycles. The molecule has 0 spiro atoms. The third-order valence-corrected chi connectivity index (χ3v) is 7.61. The van der Waals surface area contributed by atoms with Gasteiger partial charge in [0.2, 0.25) is 15.8 Å². The molecule has 4 rings (SSSR count). The normalized spacial score (nSPS) is 16.5. The lowest BCUT2D eigenvalue weighted by Gasteiger charge is -2.26. The van der Waals surface area contributed by atoms with E-state index in [4.69, 9.17) is 18.9 Å². The smallest absolute Gasteiger partial charge is 0.258 e. The van der Waals surface area contributed by atoms with E-state index in [0.717, 1.165) is 5.56 Å². The zero-order chi connectivity index (χ0) is 22.9. The Morgan fingerprint density at radius 1 is 0.938 bits per heavy atom. The number of sulfonamides is 1. The van der Waals surface area contributed by atoms with E-state index in [1.165, 1.54) is 25.6 Å². The lowest BCUT2D eigenvalue weighted by Crippen LogP contribution is -2.40. The first-order valence-corrected chi connectivity index (χ1v) is 11.7. The summed E-state index contributed by atoms with van der Waals surface area (Å²) in [6.07, 6.45) is 0.567. The molecule has 1 fully saturated rings. The average molecular weight is 463 g/mol. The van der Waals surface area contributed by atoms with Crippen molar-refractivity contribution in [2.24, 2.45) is 0 Å². The van der Waals surface area contributed by atoms with Gasteiger partial charge >= 0.3 is 0 Å². The minimum absolute atomic E-state index is 0.230. The SMILES string of the molecule is COc1cc(C(=O)N2CCc3cc(S(=O)(=O)N4CCOCC4)ccc32)cc(OC)c1OC. The highest BCUT2D eigenvalue weighted by Crippen LogP contribution is 2.39. The molecule has 0 radical (unpaired) electrons.